The summed E-state index contributed by atoms with van der Waals surface area (Å²) in [6.45, 7) is 18.0. The van der Waals surface area contributed by atoms with Gasteiger partial charge in [0.15, 0.2) is 0 Å². The zero-order valence-corrected chi connectivity index (χ0v) is 17.1. The molecule has 136 valence electrons. The first-order chi connectivity index (χ1) is 12.2. The van der Waals surface area contributed by atoms with Crippen LogP contribution < -0.4 is 4.90 Å². The van der Waals surface area contributed by atoms with Crippen molar-refractivity contribution < 1.29 is 0 Å². The molecule has 0 saturated carbocycles. The minimum Gasteiger partial charge on any atom is -0.317 e. The highest BCUT2D eigenvalue weighted by Gasteiger charge is 2.22. The van der Waals surface area contributed by atoms with Gasteiger partial charge in [-0.15, -0.1) is 0 Å². The van der Waals surface area contributed by atoms with Crippen LogP contribution in [0.5, 0.6) is 0 Å². The fourth-order valence-corrected chi connectivity index (χ4v) is 3.77. The van der Waals surface area contributed by atoms with Gasteiger partial charge in [-0.25, -0.2) is 0 Å². The lowest BCUT2D eigenvalue weighted by molar-refractivity contribution is 0.590. The van der Waals surface area contributed by atoms with Crippen molar-refractivity contribution in [2.24, 2.45) is 0 Å². The summed E-state index contributed by atoms with van der Waals surface area (Å²) in [6.07, 6.45) is 5.42. The van der Waals surface area contributed by atoms with E-state index in [9.17, 15) is 0 Å². The normalized spacial score (nSPS) is 14.1. The van der Waals surface area contributed by atoms with Gasteiger partial charge in [0.25, 0.3) is 0 Å². The second kappa shape index (κ2) is 6.79. The molecule has 0 radical (unpaired) electrons. The monoisotopic (exact) mass is 345 g/mol. The Morgan fingerprint density at radius 2 is 1.81 bits per heavy atom. The predicted molar refractivity (Wildman–Crippen MR) is 116 cm³/mol. The van der Waals surface area contributed by atoms with Gasteiger partial charge < -0.3 is 4.90 Å². The average Bonchev–Trinajstić information content (AvgIpc) is 2.60. The molecule has 0 spiro atoms. The maximum atomic E-state index is 4.43. The molecule has 1 aliphatic rings. The van der Waals surface area contributed by atoms with Crippen molar-refractivity contribution in [3.05, 3.63) is 77.0 Å². The van der Waals surface area contributed by atoms with Crippen LogP contribution in [0.2, 0.25) is 0 Å². The van der Waals surface area contributed by atoms with Crippen LogP contribution in [0.4, 0.5) is 5.69 Å². The minimum atomic E-state index is 0.155. The second-order valence-corrected chi connectivity index (χ2v) is 8.54. The van der Waals surface area contributed by atoms with Gasteiger partial charge in [0.05, 0.1) is 0 Å². The summed E-state index contributed by atoms with van der Waals surface area (Å²) in [5, 5.41) is 0. The Bertz CT molecular complexity index is 862. The molecule has 2 aromatic rings. The highest BCUT2D eigenvalue weighted by Crippen LogP contribution is 2.38. The van der Waals surface area contributed by atoms with Crippen molar-refractivity contribution in [3.63, 3.8) is 0 Å². The zero-order chi connectivity index (χ0) is 19.1. The smallest absolute Gasteiger partial charge is 0.0490 e. The third-order valence-electron chi connectivity index (χ3n) is 5.35. The number of fused-ring (bicyclic) bond motifs is 1. The summed E-state index contributed by atoms with van der Waals surface area (Å²) >= 11 is 0. The molecule has 0 unspecified atom stereocenters. The zero-order valence-electron chi connectivity index (χ0n) is 17.1. The van der Waals surface area contributed by atoms with Crippen LogP contribution in [0, 0.1) is 0 Å². The first-order valence-corrected chi connectivity index (χ1v) is 9.67. The standard InChI is InChI=1S/C25H31N/c1-8-21-22(17(2)3)10-9-11-24(21)26-15-14-19-16-20(25(5,6)7)12-13-23(19)18(26)4/h9-17H,4,8H2,1-3,5-7H3. The molecule has 0 fully saturated rings. The maximum Gasteiger partial charge on any atom is 0.0490 e. The molecule has 0 N–H and O–H groups in total. The summed E-state index contributed by atoms with van der Waals surface area (Å²) in [4.78, 5) is 2.25. The van der Waals surface area contributed by atoms with E-state index in [1.807, 2.05) is 0 Å². The number of rotatable bonds is 3. The number of anilines is 1. The van der Waals surface area contributed by atoms with Gasteiger partial charge in [-0.1, -0.05) is 78.5 Å². The third kappa shape index (κ3) is 3.23. The first-order valence-electron chi connectivity index (χ1n) is 9.67. The lowest BCUT2D eigenvalue weighted by Gasteiger charge is -2.31. The fourth-order valence-electron chi connectivity index (χ4n) is 3.77. The van der Waals surface area contributed by atoms with Crippen LogP contribution in [0.3, 0.4) is 0 Å². The molecule has 0 atom stereocenters. The van der Waals surface area contributed by atoms with Crippen LogP contribution >= 0.6 is 0 Å². The molecular weight excluding hydrogens is 314 g/mol. The molecule has 1 heterocycles. The first kappa shape index (κ1) is 18.5. The molecule has 0 saturated heterocycles. The Kier molecular flexibility index (Phi) is 4.84. The minimum absolute atomic E-state index is 0.155. The Morgan fingerprint density at radius 1 is 1.08 bits per heavy atom. The van der Waals surface area contributed by atoms with Crippen molar-refractivity contribution in [2.45, 2.75) is 59.3 Å². The highest BCUT2D eigenvalue weighted by atomic mass is 15.1. The van der Waals surface area contributed by atoms with Gasteiger partial charge in [-0.3, -0.25) is 0 Å². The van der Waals surface area contributed by atoms with E-state index in [0.29, 0.717) is 5.92 Å². The molecule has 0 aliphatic carbocycles. The van der Waals surface area contributed by atoms with E-state index in [0.717, 1.165) is 12.1 Å². The van der Waals surface area contributed by atoms with E-state index in [-0.39, 0.29) is 5.41 Å². The molecule has 2 aromatic carbocycles. The average molecular weight is 346 g/mol. The molecule has 26 heavy (non-hydrogen) atoms. The van der Waals surface area contributed by atoms with Crippen LogP contribution in [-0.2, 0) is 11.8 Å². The molecule has 0 bridgehead atoms. The van der Waals surface area contributed by atoms with Crippen molar-refractivity contribution in [2.75, 3.05) is 4.90 Å². The number of hydrogen-bond donors (Lipinski definition) is 0. The summed E-state index contributed by atoms with van der Waals surface area (Å²) < 4.78 is 0. The van der Waals surface area contributed by atoms with Gasteiger partial charge in [0, 0.05) is 23.1 Å². The summed E-state index contributed by atoms with van der Waals surface area (Å²) in [7, 11) is 0. The van der Waals surface area contributed by atoms with Gasteiger partial charge in [-0.2, -0.15) is 0 Å². The SMILES string of the molecule is C=C1c2ccc(C(C)(C)C)cc2C=CN1c1cccc(C(C)C)c1CC. The molecule has 3 rings (SSSR count). The molecule has 1 aliphatic heterocycles. The summed E-state index contributed by atoms with van der Waals surface area (Å²) in [5.74, 6) is 0.522. The van der Waals surface area contributed by atoms with E-state index < -0.39 is 0 Å². The lowest BCUT2D eigenvalue weighted by Crippen LogP contribution is -2.20. The highest BCUT2D eigenvalue weighted by molar-refractivity contribution is 5.90. The molecule has 1 heteroatoms. The third-order valence-corrected chi connectivity index (χ3v) is 5.35. The van der Waals surface area contributed by atoms with E-state index in [4.69, 9.17) is 0 Å². The predicted octanol–water partition coefficient (Wildman–Crippen LogP) is 7.13. The number of benzene rings is 2. The number of hydrogen-bond acceptors (Lipinski definition) is 1. The van der Waals surface area contributed by atoms with E-state index >= 15 is 0 Å². The van der Waals surface area contributed by atoms with E-state index in [1.54, 1.807) is 0 Å². The van der Waals surface area contributed by atoms with E-state index in [1.165, 1.54) is 33.5 Å². The Morgan fingerprint density at radius 3 is 2.42 bits per heavy atom. The maximum absolute atomic E-state index is 4.43. The van der Waals surface area contributed by atoms with Crippen molar-refractivity contribution in [3.8, 4) is 0 Å². The lowest BCUT2D eigenvalue weighted by atomic mass is 9.84. The molecule has 0 amide bonds. The van der Waals surface area contributed by atoms with Crippen LogP contribution in [-0.4, -0.2) is 0 Å². The second-order valence-electron chi connectivity index (χ2n) is 8.54. The van der Waals surface area contributed by atoms with Crippen LogP contribution in [0.15, 0.2) is 49.2 Å². The summed E-state index contributed by atoms with van der Waals surface area (Å²) in [6, 6.07) is 13.4. The topological polar surface area (TPSA) is 3.24 Å². The Hall–Kier alpha value is -2.28. The van der Waals surface area contributed by atoms with E-state index in [2.05, 4.69) is 102 Å². The quantitative estimate of drug-likeness (QED) is 0.572. The van der Waals surface area contributed by atoms with Crippen molar-refractivity contribution >= 4 is 17.5 Å². The van der Waals surface area contributed by atoms with Crippen molar-refractivity contribution in [1.29, 1.82) is 0 Å². The summed E-state index contributed by atoms with van der Waals surface area (Å²) in [5.41, 5.74) is 9.15. The molecule has 1 nitrogen and oxygen atoms in total. The fraction of sp³-hybridized carbons (Fsp3) is 0.360. The van der Waals surface area contributed by atoms with Crippen molar-refractivity contribution in [1.82, 2.24) is 0 Å². The van der Waals surface area contributed by atoms with Gasteiger partial charge in [-0.05, 0) is 52.1 Å². The Balaban J connectivity index is 2.06. The Labute approximate surface area is 159 Å². The molecule has 0 aromatic heterocycles. The number of nitrogens with zero attached hydrogens (tertiary/aromatic N) is 1. The largest absolute Gasteiger partial charge is 0.317 e. The van der Waals surface area contributed by atoms with Gasteiger partial charge in [0.2, 0.25) is 0 Å². The van der Waals surface area contributed by atoms with Gasteiger partial charge >= 0.3 is 0 Å². The van der Waals surface area contributed by atoms with Crippen LogP contribution in [0.25, 0.3) is 11.8 Å². The van der Waals surface area contributed by atoms with Gasteiger partial charge in [0.1, 0.15) is 0 Å². The molecular formula is C25H31N. The van der Waals surface area contributed by atoms with Crippen LogP contribution in [0.1, 0.15) is 75.3 Å².